The summed E-state index contributed by atoms with van der Waals surface area (Å²) >= 11 is 0. The number of aromatic nitrogens is 3. The van der Waals surface area contributed by atoms with Crippen LogP contribution in [0.1, 0.15) is 44.3 Å². The molecular weight excluding hydrogens is 242 g/mol. The fourth-order valence-corrected chi connectivity index (χ4v) is 2.74. The monoisotopic (exact) mass is 265 g/mol. The van der Waals surface area contributed by atoms with Gasteiger partial charge in [-0.25, -0.2) is 0 Å². The van der Waals surface area contributed by atoms with Crippen molar-refractivity contribution in [1.82, 2.24) is 20.1 Å². The first-order valence-electron chi connectivity index (χ1n) is 6.99. The van der Waals surface area contributed by atoms with Gasteiger partial charge in [0.2, 0.25) is 5.91 Å². The van der Waals surface area contributed by atoms with Gasteiger partial charge in [0.25, 0.3) is 0 Å². The number of hydrogen-bond donors (Lipinski definition) is 2. The predicted molar refractivity (Wildman–Crippen MR) is 72.0 cm³/mol. The lowest BCUT2D eigenvalue weighted by Crippen LogP contribution is -2.45. The molecule has 106 valence electrons. The second-order valence-electron chi connectivity index (χ2n) is 5.44. The van der Waals surface area contributed by atoms with E-state index in [-0.39, 0.29) is 11.3 Å². The first kappa shape index (κ1) is 14.0. The highest BCUT2D eigenvalue weighted by Crippen LogP contribution is 2.34. The topological polar surface area (TPSA) is 85.8 Å². The van der Waals surface area contributed by atoms with Crippen LogP contribution in [-0.2, 0) is 18.4 Å². The van der Waals surface area contributed by atoms with Crippen molar-refractivity contribution in [3.8, 4) is 0 Å². The number of nitrogens with one attached hydrogen (secondary N) is 1. The molecule has 6 nitrogen and oxygen atoms in total. The smallest absolute Gasteiger partial charge is 0.227 e. The number of nitrogens with zero attached hydrogens (tertiary/aromatic N) is 3. The molecule has 0 unspecified atom stereocenters. The summed E-state index contributed by atoms with van der Waals surface area (Å²) in [5, 5.41) is 10.7. The van der Waals surface area contributed by atoms with Crippen LogP contribution in [0.5, 0.6) is 0 Å². The standard InChI is InChI=1S/C13H23N5O/c1-18-10-16-17-11(18)8-15-12(19)13(9-14)6-4-2-3-5-7-13/h10H,2-9,14H2,1H3,(H,15,19). The van der Waals surface area contributed by atoms with E-state index in [0.717, 1.165) is 31.5 Å². The highest BCUT2D eigenvalue weighted by atomic mass is 16.2. The van der Waals surface area contributed by atoms with Crippen molar-refractivity contribution in [2.45, 2.75) is 45.1 Å². The van der Waals surface area contributed by atoms with Crippen LogP contribution in [0.4, 0.5) is 0 Å². The minimum atomic E-state index is -0.380. The Bertz CT molecular complexity index is 420. The summed E-state index contributed by atoms with van der Waals surface area (Å²) in [4.78, 5) is 12.5. The second-order valence-corrected chi connectivity index (χ2v) is 5.44. The van der Waals surface area contributed by atoms with Gasteiger partial charge in [-0.15, -0.1) is 10.2 Å². The Morgan fingerprint density at radius 2 is 2.11 bits per heavy atom. The lowest BCUT2D eigenvalue weighted by molar-refractivity contribution is -0.131. The van der Waals surface area contributed by atoms with Crippen molar-refractivity contribution < 1.29 is 4.79 Å². The van der Waals surface area contributed by atoms with Crippen LogP contribution in [-0.4, -0.2) is 27.2 Å². The van der Waals surface area contributed by atoms with Gasteiger partial charge < -0.3 is 15.6 Å². The molecule has 1 aromatic heterocycles. The van der Waals surface area contributed by atoms with Crippen molar-refractivity contribution in [3.05, 3.63) is 12.2 Å². The van der Waals surface area contributed by atoms with Gasteiger partial charge >= 0.3 is 0 Å². The molecule has 1 aliphatic carbocycles. The number of carbonyl (C=O) groups excluding carboxylic acids is 1. The van der Waals surface area contributed by atoms with E-state index in [2.05, 4.69) is 15.5 Å². The van der Waals surface area contributed by atoms with Gasteiger partial charge in [-0.2, -0.15) is 0 Å². The first-order chi connectivity index (χ1) is 9.18. The quantitative estimate of drug-likeness (QED) is 0.786. The third-order valence-electron chi connectivity index (χ3n) is 4.15. The maximum absolute atomic E-state index is 12.5. The van der Waals surface area contributed by atoms with Gasteiger partial charge in [0.15, 0.2) is 5.82 Å². The Morgan fingerprint density at radius 1 is 1.42 bits per heavy atom. The van der Waals surface area contributed by atoms with Crippen LogP contribution in [0.2, 0.25) is 0 Å². The van der Waals surface area contributed by atoms with E-state index in [9.17, 15) is 4.79 Å². The number of hydrogen-bond acceptors (Lipinski definition) is 4. The summed E-state index contributed by atoms with van der Waals surface area (Å²) in [6, 6.07) is 0. The zero-order chi connectivity index (χ0) is 13.7. The zero-order valence-electron chi connectivity index (χ0n) is 11.6. The van der Waals surface area contributed by atoms with Crippen molar-refractivity contribution in [1.29, 1.82) is 0 Å². The van der Waals surface area contributed by atoms with Gasteiger partial charge in [-0.1, -0.05) is 25.7 Å². The Labute approximate surface area is 113 Å². The van der Waals surface area contributed by atoms with E-state index in [1.54, 1.807) is 6.33 Å². The minimum absolute atomic E-state index is 0.0694. The van der Waals surface area contributed by atoms with Crippen LogP contribution >= 0.6 is 0 Å². The molecule has 3 N–H and O–H groups in total. The van der Waals surface area contributed by atoms with Crippen molar-refractivity contribution in [2.75, 3.05) is 6.54 Å². The molecular formula is C13H23N5O. The van der Waals surface area contributed by atoms with Gasteiger partial charge in [0, 0.05) is 13.6 Å². The SMILES string of the molecule is Cn1cnnc1CNC(=O)C1(CN)CCCCCC1. The molecule has 0 atom stereocenters. The number of carbonyl (C=O) groups is 1. The van der Waals surface area contributed by atoms with Gasteiger partial charge in [0.05, 0.1) is 12.0 Å². The summed E-state index contributed by atoms with van der Waals surface area (Å²) in [5.74, 6) is 0.828. The molecule has 1 amide bonds. The van der Waals surface area contributed by atoms with E-state index >= 15 is 0 Å². The summed E-state index contributed by atoms with van der Waals surface area (Å²) < 4.78 is 1.81. The highest BCUT2D eigenvalue weighted by molar-refractivity contribution is 5.82. The molecule has 1 saturated carbocycles. The third-order valence-corrected chi connectivity index (χ3v) is 4.15. The maximum atomic E-state index is 12.5. The largest absolute Gasteiger partial charge is 0.348 e. The van der Waals surface area contributed by atoms with E-state index in [0.29, 0.717) is 13.1 Å². The van der Waals surface area contributed by atoms with E-state index in [1.165, 1.54) is 12.8 Å². The van der Waals surface area contributed by atoms with E-state index in [1.807, 2.05) is 11.6 Å². The molecule has 1 fully saturated rings. The summed E-state index contributed by atoms with van der Waals surface area (Å²) in [5.41, 5.74) is 5.51. The molecule has 2 rings (SSSR count). The predicted octanol–water partition coefficient (Wildman–Crippen LogP) is 0.731. The highest BCUT2D eigenvalue weighted by Gasteiger charge is 2.37. The van der Waals surface area contributed by atoms with E-state index in [4.69, 9.17) is 5.73 Å². The molecule has 0 saturated heterocycles. The normalized spacial score (nSPS) is 18.8. The second kappa shape index (κ2) is 6.14. The molecule has 0 aliphatic heterocycles. The van der Waals surface area contributed by atoms with Crippen LogP contribution in [0.25, 0.3) is 0 Å². The fraction of sp³-hybridized carbons (Fsp3) is 0.769. The molecule has 1 aliphatic rings. The van der Waals surface area contributed by atoms with Gasteiger partial charge in [-0.05, 0) is 12.8 Å². The van der Waals surface area contributed by atoms with Crippen LogP contribution < -0.4 is 11.1 Å². The van der Waals surface area contributed by atoms with Crippen LogP contribution in [0.3, 0.4) is 0 Å². The Balaban J connectivity index is 1.98. The molecule has 0 aromatic carbocycles. The molecule has 0 radical (unpaired) electrons. The zero-order valence-corrected chi connectivity index (χ0v) is 11.6. The van der Waals surface area contributed by atoms with Gasteiger partial charge in [0.1, 0.15) is 6.33 Å². The summed E-state index contributed by atoms with van der Waals surface area (Å²) in [6.07, 6.45) is 8.02. The van der Waals surface area contributed by atoms with Crippen LogP contribution in [0, 0.1) is 5.41 Å². The number of rotatable bonds is 4. The Hall–Kier alpha value is -1.43. The average molecular weight is 265 g/mol. The Morgan fingerprint density at radius 3 is 2.63 bits per heavy atom. The van der Waals surface area contributed by atoms with Crippen LogP contribution in [0.15, 0.2) is 6.33 Å². The first-order valence-corrected chi connectivity index (χ1v) is 6.99. The Kier molecular flexibility index (Phi) is 4.52. The molecule has 6 heteroatoms. The molecule has 0 spiro atoms. The molecule has 1 aromatic rings. The van der Waals surface area contributed by atoms with Crippen molar-refractivity contribution in [3.63, 3.8) is 0 Å². The fourth-order valence-electron chi connectivity index (χ4n) is 2.74. The molecule has 1 heterocycles. The molecule has 19 heavy (non-hydrogen) atoms. The minimum Gasteiger partial charge on any atom is -0.348 e. The lowest BCUT2D eigenvalue weighted by atomic mass is 9.79. The average Bonchev–Trinajstić information content (AvgIpc) is 2.68. The maximum Gasteiger partial charge on any atom is 0.227 e. The summed E-state index contributed by atoms with van der Waals surface area (Å²) in [6.45, 7) is 0.842. The van der Waals surface area contributed by atoms with Crippen molar-refractivity contribution >= 4 is 5.91 Å². The van der Waals surface area contributed by atoms with Gasteiger partial charge in [-0.3, -0.25) is 4.79 Å². The van der Waals surface area contributed by atoms with Crippen molar-refractivity contribution in [2.24, 2.45) is 18.2 Å². The lowest BCUT2D eigenvalue weighted by Gasteiger charge is -2.29. The molecule has 0 bridgehead atoms. The number of amides is 1. The number of aryl methyl sites for hydroxylation is 1. The third kappa shape index (κ3) is 3.12. The summed E-state index contributed by atoms with van der Waals surface area (Å²) in [7, 11) is 1.87. The number of nitrogens with two attached hydrogens (primary N) is 1. The van der Waals surface area contributed by atoms with E-state index < -0.39 is 0 Å².